The Morgan fingerprint density at radius 1 is 0.436 bits per heavy atom. The zero-order chi connectivity index (χ0) is 38.5. The molecular formula is C48H40N2O5. The predicted octanol–water partition coefficient (Wildman–Crippen LogP) is 12.3. The van der Waals surface area contributed by atoms with E-state index in [0.717, 1.165) is 28.2 Å². The number of rotatable bonds is 10. The van der Waals surface area contributed by atoms with E-state index < -0.39 is 16.6 Å². The van der Waals surface area contributed by atoms with Gasteiger partial charge in [-0.1, -0.05) is 78.9 Å². The number of hydrogen-bond donors (Lipinski definition) is 0. The topological polar surface area (TPSA) is 78.9 Å². The summed E-state index contributed by atoms with van der Waals surface area (Å²) in [5.74, 6) is -0.435. The number of quaternary nitrogens is 1. The molecule has 0 atom stereocenters. The molecule has 7 rings (SSSR count). The van der Waals surface area contributed by atoms with E-state index >= 15 is 0 Å². The van der Waals surface area contributed by atoms with Crippen molar-refractivity contribution in [2.24, 2.45) is 0 Å². The first-order chi connectivity index (χ1) is 26.6. The summed E-state index contributed by atoms with van der Waals surface area (Å²) in [4.78, 5) is 29.3. The molecule has 7 heteroatoms. The molecule has 0 radical (unpaired) electrons. The molecule has 0 heterocycles. The summed E-state index contributed by atoms with van der Waals surface area (Å²) in [6.07, 6.45) is 0. The number of para-hydroxylation sites is 4. The summed E-state index contributed by atoms with van der Waals surface area (Å²) in [5, 5.41) is 14.8. The fourth-order valence-electron chi connectivity index (χ4n) is 6.89. The van der Waals surface area contributed by atoms with E-state index in [-0.39, 0.29) is 11.1 Å². The number of nitrogens with zero attached hydrogens (tertiary/aromatic N) is 2. The van der Waals surface area contributed by atoms with E-state index in [1.807, 2.05) is 113 Å². The van der Waals surface area contributed by atoms with Gasteiger partial charge < -0.3 is 19.6 Å². The Labute approximate surface area is 321 Å². The molecule has 7 aromatic rings. The number of esters is 2. The van der Waals surface area contributed by atoms with Crippen LogP contribution in [-0.4, -0.2) is 11.9 Å². The molecule has 0 N–H and O–H groups in total. The molecule has 7 aromatic carbocycles. The van der Waals surface area contributed by atoms with Crippen molar-refractivity contribution in [2.75, 3.05) is 4.90 Å². The third-order valence-electron chi connectivity index (χ3n) is 9.50. The fourth-order valence-corrected chi connectivity index (χ4v) is 6.89. The summed E-state index contributed by atoms with van der Waals surface area (Å²) >= 11 is 0. The molecule has 0 aromatic heterocycles. The quantitative estimate of drug-likeness (QED) is 0.0605. The van der Waals surface area contributed by atoms with Crippen molar-refractivity contribution in [2.45, 2.75) is 27.7 Å². The molecule has 7 nitrogen and oxygen atoms in total. The van der Waals surface area contributed by atoms with Crippen LogP contribution < -0.4 is 19.0 Å². The lowest BCUT2D eigenvalue weighted by Gasteiger charge is -2.41. The van der Waals surface area contributed by atoms with Crippen LogP contribution in [0.3, 0.4) is 0 Å². The van der Waals surface area contributed by atoms with Crippen molar-refractivity contribution in [1.82, 2.24) is 4.65 Å². The number of carbonyl (C=O) groups is 2. The largest absolute Gasteiger partial charge is 0.616 e. The number of carbonyl (C=O) groups excluding carboxylic acids is 2. The first kappa shape index (κ1) is 36.6. The Morgan fingerprint density at radius 3 is 1.20 bits per heavy atom. The molecule has 0 aliphatic rings. The van der Waals surface area contributed by atoms with Gasteiger partial charge in [-0.3, -0.25) is 4.65 Å². The van der Waals surface area contributed by atoms with Gasteiger partial charge in [0.05, 0.1) is 11.1 Å². The summed E-state index contributed by atoms with van der Waals surface area (Å²) in [6, 6.07) is 52.3. The predicted molar refractivity (Wildman–Crippen MR) is 220 cm³/mol. The van der Waals surface area contributed by atoms with Crippen molar-refractivity contribution < 1.29 is 19.1 Å². The molecule has 0 aliphatic carbocycles. The Balaban J connectivity index is 1.12. The number of aryl methyl sites for hydroxylation is 4. The van der Waals surface area contributed by atoms with Crippen LogP contribution in [-0.2, 0) is 0 Å². The monoisotopic (exact) mass is 724 g/mol. The molecule has 0 bridgehead atoms. The minimum absolute atomic E-state index is 0.185. The molecule has 0 fully saturated rings. The normalized spacial score (nSPS) is 11.1. The summed E-state index contributed by atoms with van der Waals surface area (Å²) in [7, 11) is 0. The van der Waals surface area contributed by atoms with Gasteiger partial charge in [0, 0.05) is 53.5 Å². The van der Waals surface area contributed by atoms with Crippen LogP contribution in [0.5, 0.6) is 11.5 Å². The van der Waals surface area contributed by atoms with Crippen molar-refractivity contribution in [3.63, 3.8) is 0 Å². The van der Waals surface area contributed by atoms with E-state index in [1.54, 1.807) is 54.6 Å². The number of anilines is 3. The van der Waals surface area contributed by atoms with E-state index in [4.69, 9.17) is 9.47 Å². The molecule has 0 amide bonds. The van der Waals surface area contributed by atoms with E-state index in [2.05, 4.69) is 29.2 Å². The first-order valence-electron chi connectivity index (χ1n) is 18.0. The third-order valence-corrected chi connectivity index (χ3v) is 9.50. The summed E-state index contributed by atoms with van der Waals surface area (Å²) in [5.41, 5.74) is 7.69. The average Bonchev–Trinajstić information content (AvgIpc) is 3.21. The van der Waals surface area contributed by atoms with Gasteiger partial charge in [-0.15, -0.1) is 0 Å². The Kier molecular flexibility index (Phi) is 10.4. The number of hydrogen-bond acceptors (Lipinski definition) is 6. The maximum absolute atomic E-state index is 14.8. The lowest BCUT2D eigenvalue weighted by Crippen LogP contribution is -2.31. The minimum atomic E-state index is -0.818. The average molecular weight is 725 g/mol. The fraction of sp³-hybridized carbons (Fsp3) is 0.0833. The van der Waals surface area contributed by atoms with E-state index in [9.17, 15) is 14.8 Å². The van der Waals surface area contributed by atoms with E-state index in [1.165, 1.54) is 6.07 Å². The van der Waals surface area contributed by atoms with Gasteiger partial charge in [0.2, 0.25) is 0 Å². The minimum Gasteiger partial charge on any atom is -0.616 e. The molecule has 0 saturated carbocycles. The second-order valence-electron chi connectivity index (χ2n) is 13.5. The third kappa shape index (κ3) is 7.53. The first-order valence-corrected chi connectivity index (χ1v) is 18.0. The molecule has 55 heavy (non-hydrogen) atoms. The van der Waals surface area contributed by atoms with Crippen LogP contribution in [0.4, 0.5) is 34.1 Å². The molecule has 0 unspecified atom stereocenters. The van der Waals surface area contributed by atoms with Crippen LogP contribution in [0, 0.1) is 32.9 Å². The highest BCUT2D eigenvalue weighted by Crippen LogP contribution is 2.45. The summed E-state index contributed by atoms with van der Waals surface area (Å²) in [6.45, 7) is 7.43. The summed E-state index contributed by atoms with van der Waals surface area (Å²) < 4.78 is 11.1. The molecular weight excluding hydrogens is 685 g/mol. The van der Waals surface area contributed by atoms with Crippen molar-refractivity contribution in [1.29, 1.82) is 0 Å². The zero-order valence-electron chi connectivity index (χ0n) is 31.1. The molecule has 0 saturated heterocycles. The second kappa shape index (κ2) is 15.7. The zero-order valence-corrected chi connectivity index (χ0v) is 31.1. The van der Waals surface area contributed by atoms with Gasteiger partial charge in [0.1, 0.15) is 28.6 Å². The lowest BCUT2D eigenvalue weighted by atomic mass is 10.1. The second-order valence-corrected chi connectivity index (χ2v) is 13.5. The highest BCUT2D eigenvalue weighted by molar-refractivity contribution is 5.97. The van der Waals surface area contributed by atoms with Crippen molar-refractivity contribution >= 4 is 46.1 Å². The van der Waals surface area contributed by atoms with E-state index in [0.29, 0.717) is 39.7 Å². The number of ether oxygens (including phenoxy) is 2. The smallest absolute Gasteiger partial charge is 0.343 e. The Hall–Kier alpha value is -6.80. The molecule has 0 spiro atoms. The van der Waals surface area contributed by atoms with Gasteiger partial charge in [-0.25, -0.2) is 9.59 Å². The highest BCUT2D eigenvalue weighted by Gasteiger charge is 2.29. The van der Waals surface area contributed by atoms with Crippen LogP contribution in [0.15, 0.2) is 170 Å². The Morgan fingerprint density at radius 2 is 0.800 bits per heavy atom. The molecule has 272 valence electrons. The van der Waals surface area contributed by atoms with Crippen molar-refractivity contribution in [3.05, 3.63) is 208 Å². The standard InChI is InChI=1S/C48H40N2O5/c1-33-28-41(49(39-20-9-5-10-21-39)40-22-11-6-12-23-40)29-34(2)45(33)54-47(51)37-18-17-19-38(32-37)48(52)55-46-35(3)30-44(31-36(46)4)50(53,42-24-13-7-14-25-42)43-26-15-8-16-27-43/h5-32H,1-4H3. The van der Waals surface area contributed by atoms with Gasteiger partial charge >= 0.3 is 11.9 Å². The van der Waals surface area contributed by atoms with Gasteiger partial charge in [-0.05, 0) is 105 Å². The highest BCUT2D eigenvalue weighted by atomic mass is 16.6. The van der Waals surface area contributed by atoms with Crippen LogP contribution in [0.25, 0.3) is 0 Å². The molecule has 0 aliphatic heterocycles. The van der Waals surface area contributed by atoms with Gasteiger partial charge in [0.25, 0.3) is 0 Å². The van der Waals surface area contributed by atoms with Crippen molar-refractivity contribution in [3.8, 4) is 11.5 Å². The lowest BCUT2D eigenvalue weighted by molar-refractivity contribution is 0.0732. The number of benzene rings is 7. The van der Waals surface area contributed by atoms with Crippen LogP contribution >= 0.6 is 0 Å². The van der Waals surface area contributed by atoms with Crippen LogP contribution in [0.2, 0.25) is 0 Å². The van der Waals surface area contributed by atoms with Crippen LogP contribution in [0.1, 0.15) is 43.0 Å². The van der Waals surface area contributed by atoms with Gasteiger partial charge in [0.15, 0.2) is 0 Å². The maximum Gasteiger partial charge on any atom is 0.343 e. The Bertz CT molecular complexity index is 2340. The maximum atomic E-state index is 14.8. The SMILES string of the molecule is Cc1cc(N(c2ccccc2)c2ccccc2)cc(C)c1OC(=O)c1cccc(C(=O)Oc2c(C)cc([N+]([O-])(c3ccccc3)c3ccccc3)cc2C)c1. The van der Waals surface area contributed by atoms with Gasteiger partial charge in [-0.2, -0.15) is 0 Å².